The molecule has 0 saturated carbocycles. The summed E-state index contributed by atoms with van der Waals surface area (Å²) < 4.78 is 20.4. The fourth-order valence-corrected chi connectivity index (χ4v) is 9.78. The van der Waals surface area contributed by atoms with E-state index >= 15 is 4.39 Å². The standard InChI is InChI=1S/C53H60FN11O6/c1-3-36-7-6-8-39(26-36)40-29-47(57-48(66)32-55-31-41-25-35(2)60-71-41)50(56-30-40)53(70)64-15-13-37(14-16-64)33-61-17-19-62(20-18-61)34-49(67)63-21-23-65(24-22-63)52(69)44-27-38(11-12-45(44)54)28-46-42-9-4-5-10-43(42)51(68)59-58-46/h4-12,25-27,29-30,37,55H,3,13-24,28,31-34H2,1-2H3,(H,57,66)(H,59,68). The molecule has 3 aliphatic heterocycles. The zero-order valence-electron chi connectivity index (χ0n) is 40.3. The molecule has 0 aliphatic carbocycles. The normalized spacial score (nSPS) is 16.1. The van der Waals surface area contributed by atoms with Crippen molar-refractivity contribution in [3.05, 3.63) is 141 Å². The Morgan fingerprint density at radius 2 is 1.51 bits per heavy atom. The van der Waals surface area contributed by atoms with Crippen LogP contribution in [0, 0.1) is 18.7 Å². The number of H-pyrrole nitrogens is 1. The van der Waals surface area contributed by atoms with Gasteiger partial charge in [-0.1, -0.05) is 60.6 Å². The zero-order valence-corrected chi connectivity index (χ0v) is 40.3. The fraction of sp³-hybridized carbons (Fsp3) is 0.396. The number of benzene rings is 3. The van der Waals surface area contributed by atoms with Crippen molar-refractivity contribution in [2.45, 2.75) is 46.1 Å². The Balaban J connectivity index is 0.721. The minimum absolute atomic E-state index is 0.00159. The molecule has 0 bridgehead atoms. The molecule has 0 unspecified atom stereocenters. The molecule has 3 aromatic heterocycles. The monoisotopic (exact) mass is 965 g/mol. The molecule has 3 aliphatic rings. The number of aromatic nitrogens is 4. The van der Waals surface area contributed by atoms with Crippen LogP contribution in [0.15, 0.2) is 94.4 Å². The van der Waals surface area contributed by atoms with Crippen LogP contribution in [0.25, 0.3) is 21.9 Å². The van der Waals surface area contributed by atoms with Gasteiger partial charge in [0.1, 0.15) is 5.82 Å². The molecule has 0 atom stereocenters. The van der Waals surface area contributed by atoms with Crippen LogP contribution >= 0.6 is 0 Å². The number of anilines is 1. The smallest absolute Gasteiger partial charge is 0.274 e. The minimum Gasteiger partial charge on any atom is -0.360 e. The number of nitrogens with zero attached hydrogens (tertiary/aromatic N) is 8. The van der Waals surface area contributed by atoms with E-state index in [-0.39, 0.29) is 41.1 Å². The maximum atomic E-state index is 15.1. The van der Waals surface area contributed by atoms with Gasteiger partial charge in [0, 0.05) is 102 Å². The number of fused-ring (bicyclic) bond motifs is 1. The molecule has 0 radical (unpaired) electrons. The largest absolute Gasteiger partial charge is 0.360 e. The number of aryl methyl sites for hydroxylation is 2. The van der Waals surface area contributed by atoms with Gasteiger partial charge in [-0.3, -0.25) is 28.9 Å². The van der Waals surface area contributed by atoms with Crippen LogP contribution in [0.1, 0.15) is 68.9 Å². The summed E-state index contributed by atoms with van der Waals surface area (Å²) in [5, 5.41) is 17.9. The number of likely N-dealkylation sites (tertiary alicyclic amines) is 1. The molecule has 370 valence electrons. The Hall–Kier alpha value is -7.15. The van der Waals surface area contributed by atoms with Gasteiger partial charge in [-0.2, -0.15) is 5.10 Å². The highest BCUT2D eigenvalue weighted by Gasteiger charge is 2.31. The lowest BCUT2D eigenvalue weighted by Gasteiger charge is -2.40. The number of pyridine rings is 1. The lowest BCUT2D eigenvalue weighted by molar-refractivity contribution is -0.134. The topological polar surface area (TPSA) is 193 Å². The first kappa shape index (κ1) is 48.9. The number of nitrogens with one attached hydrogen (secondary N) is 3. The summed E-state index contributed by atoms with van der Waals surface area (Å²) in [6.07, 6.45) is 4.57. The van der Waals surface area contributed by atoms with Crippen LogP contribution in [-0.2, 0) is 29.0 Å². The molecule has 3 aromatic carbocycles. The van der Waals surface area contributed by atoms with E-state index in [2.05, 4.69) is 59.8 Å². The molecule has 6 heterocycles. The molecule has 3 fully saturated rings. The van der Waals surface area contributed by atoms with Crippen LogP contribution in [0.4, 0.5) is 10.1 Å². The van der Waals surface area contributed by atoms with Gasteiger partial charge in [0.05, 0.1) is 47.7 Å². The SMILES string of the molecule is CCc1cccc(-c2cnc(C(=O)N3CCC(CN4CCN(CC(=O)N5CCN(C(=O)c6cc(Cc7n[nH]c(=O)c8ccccc78)ccc6F)CC5)CC4)CC3)c(NC(=O)CNCc3cc(C)no3)c2)c1. The van der Waals surface area contributed by atoms with Gasteiger partial charge in [0.2, 0.25) is 11.8 Å². The Kier molecular flexibility index (Phi) is 15.3. The molecular weight excluding hydrogens is 906 g/mol. The van der Waals surface area contributed by atoms with E-state index < -0.39 is 11.7 Å². The van der Waals surface area contributed by atoms with Gasteiger partial charge in [-0.05, 0) is 73.1 Å². The van der Waals surface area contributed by atoms with Gasteiger partial charge < -0.3 is 34.8 Å². The van der Waals surface area contributed by atoms with Crippen LogP contribution in [-0.4, -0.2) is 154 Å². The first-order chi connectivity index (χ1) is 34.5. The number of hydrogen-bond acceptors (Lipinski definition) is 12. The highest BCUT2D eigenvalue weighted by molar-refractivity contribution is 6.03. The van der Waals surface area contributed by atoms with Gasteiger partial charge in [-0.15, -0.1) is 0 Å². The zero-order chi connectivity index (χ0) is 49.4. The minimum atomic E-state index is -0.613. The van der Waals surface area contributed by atoms with Crippen molar-refractivity contribution in [3.8, 4) is 11.1 Å². The Bertz CT molecular complexity index is 2950. The molecule has 3 N–H and O–H groups in total. The van der Waals surface area contributed by atoms with Crippen molar-refractivity contribution in [3.63, 3.8) is 0 Å². The molecule has 6 aromatic rings. The average Bonchev–Trinajstić information content (AvgIpc) is 3.82. The number of carbonyl (C=O) groups excluding carboxylic acids is 4. The molecule has 4 amide bonds. The van der Waals surface area contributed by atoms with Crippen LogP contribution < -0.4 is 16.2 Å². The number of halogens is 1. The summed E-state index contributed by atoms with van der Waals surface area (Å²) in [5.74, 6) is -0.502. The molecule has 18 heteroatoms. The van der Waals surface area contributed by atoms with E-state index in [1.165, 1.54) is 11.6 Å². The summed E-state index contributed by atoms with van der Waals surface area (Å²) >= 11 is 0. The van der Waals surface area contributed by atoms with Crippen molar-refractivity contribution in [2.24, 2.45) is 5.92 Å². The molecule has 71 heavy (non-hydrogen) atoms. The average molecular weight is 966 g/mol. The third kappa shape index (κ3) is 11.9. The van der Waals surface area contributed by atoms with E-state index in [0.29, 0.717) is 98.2 Å². The Morgan fingerprint density at radius 3 is 2.25 bits per heavy atom. The predicted octanol–water partition coefficient (Wildman–Crippen LogP) is 4.76. The lowest BCUT2D eigenvalue weighted by atomic mass is 9.95. The predicted molar refractivity (Wildman–Crippen MR) is 266 cm³/mol. The van der Waals surface area contributed by atoms with E-state index in [1.54, 1.807) is 46.3 Å². The van der Waals surface area contributed by atoms with Crippen molar-refractivity contribution in [1.29, 1.82) is 0 Å². The van der Waals surface area contributed by atoms with Crippen molar-refractivity contribution >= 4 is 40.1 Å². The Labute approximate surface area is 411 Å². The fourth-order valence-electron chi connectivity index (χ4n) is 9.78. The highest BCUT2D eigenvalue weighted by Crippen LogP contribution is 2.28. The molecule has 3 saturated heterocycles. The van der Waals surface area contributed by atoms with Gasteiger partial charge in [0.25, 0.3) is 17.4 Å². The van der Waals surface area contributed by atoms with E-state index in [9.17, 15) is 24.0 Å². The molecule has 17 nitrogen and oxygen atoms in total. The van der Waals surface area contributed by atoms with Crippen molar-refractivity contribution in [2.75, 3.05) is 90.4 Å². The third-order valence-corrected chi connectivity index (χ3v) is 13.9. The quantitative estimate of drug-likeness (QED) is 0.128. The number of hydrogen-bond donors (Lipinski definition) is 3. The summed E-state index contributed by atoms with van der Waals surface area (Å²) in [6.45, 7) is 11.2. The van der Waals surface area contributed by atoms with Crippen molar-refractivity contribution < 1.29 is 28.1 Å². The maximum Gasteiger partial charge on any atom is 0.274 e. The third-order valence-electron chi connectivity index (χ3n) is 13.9. The second kappa shape index (κ2) is 22.3. The van der Waals surface area contributed by atoms with E-state index in [0.717, 1.165) is 68.8 Å². The molecule has 0 spiro atoms. The summed E-state index contributed by atoms with van der Waals surface area (Å²) in [4.78, 5) is 81.2. The van der Waals surface area contributed by atoms with Gasteiger partial charge in [0.15, 0.2) is 11.5 Å². The lowest BCUT2D eigenvalue weighted by Crippen LogP contribution is -2.55. The van der Waals surface area contributed by atoms with Crippen LogP contribution in [0.5, 0.6) is 0 Å². The Morgan fingerprint density at radius 1 is 0.775 bits per heavy atom. The van der Waals surface area contributed by atoms with Crippen LogP contribution in [0.3, 0.4) is 0 Å². The van der Waals surface area contributed by atoms with E-state index in [1.807, 2.05) is 42.2 Å². The molecular formula is C53H60FN11O6. The first-order valence-corrected chi connectivity index (χ1v) is 24.6. The number of rotatable bonds is 15. The van der Waals surface area contributed by atoms with Gasteiger partial charge in [-0.25, -0.2) is 14.5 Å². The number of carbonyl (C=O) groups is 4. The number of piperidine rings is 1. The number of piperazine rings is 2. The summed E-state index contributed by atoms with van der Waals surface area (Å²) in [6, 6.07) is 23.4. The highest BCUT2D eigenvalue weighted by atomic mass is 19.1. The number of aromatic amines is 1. The van der Waals surface area contributed by atoms with Crippen LogP contribution in [0.2, 0.25) is 0 Å². The summed E-state index contributed by atoms with van der Waals surface area (Å²) in [7, 11) is 0. The second-order valence-corrected chi connectivity index (χ2v) is 18.8. The number of amides is 4. The second-order valence-electron chi connectivity index (χ2n) is 18.8. The summed E-state index contributed by atoms with van der Waals surface area (Å²) in [5.41, 5.74) is 5.27. The van der Waals surface area contributed by atoms with E-state index in [4.69, 9.17) is 4.52 Å². The maximum absolute atomic E-state index is 15.1. The molecule has 9 rings (SSSR count). The van der Waals surface area contributed by atoms with Gasteiger partial charge >= 0.3 is 0 Å². The first-order valence-electron chi connectivity index (χ1n) is 24.6. The van der Waals surface area contributed by atoms with Crippen molar-refractivity contribution in [1.82, 2.24) is 50.2 Å².